The quantitative estimate of drug-likeness (QED) is 0.614. The van der Waals surface area contributed by atoms with Crippen LogP contribution < -0.4 is 10.1 Å². The van der Waals surface area contributed by atoms with Crippen LogP contribution in [0.15, 0.2) is 18.2 Å². The van der Waals surface area contributed by atoms with E-state index >= 15 is 0 Å². The van der Waals surface area contributed by atoms with Crippen LogP contribution in [0.25, 0.3) is 0 Å². The van der Waals surface area contributed by atoms with Crippen molar-refractivity contribution in [3.8, 4) is 5.75 Å². The van der Waals surface area contributed by atoms with Gasteiger partial charge in [-0.25, -0.2) is 4.39 Å². The molecule has 1 amide bonds. The number of benzene rings is 1. The molecule has 1 aromatic carbocycles. The second-order valence-corrected chi connectivity index (χ2v) is 5.15. The van der Waals surface area contributed by atoms with E-state index < -0.39 is 5.82 Å². The molecule has 1 atom stereocenters. The number of halogens is 2. The Hall–Kier alpha value is -1.10. The third kappa shape index (κ3) is 5.19. The molecular weight excluding hydrogens is 313 g/mol. The van der Waals surface area contributed by atoms with Gasteiger partial charge in [-0.1, -0.05) is 22.9 Å². The number of carbonyl (C=O) groups excluding carboxylic acids is 1. The minimum Gasteiger partial charge on any atom is -0.494 e. The summed E-state index contributed by atoms with van der Waals surface area (Å²) >= 11 is 3.42. The van der Waals surface area contributed by atoms with Gasteiger partial charge in [-0.05, 0) is 37.0 Å². The van der Waals surface area contributed by atoms with Crippen molar-refractivity contribution < 1.29 is 13.9 Å². The van der Waals surface area contributed by atoms with Gasteiger partial charge in [-0.3, -0.25) is 4.79 Å². The summed E-state index contributed by atoms with van der Waals surface area (Å²) in [6.07, 6.45) is 1.98. The summed E-state index contributed by atoms with van der Waals surface area (Å²) in [7, 11) is 1.38. The van der Waals surface area contributed by atoms with Crippen LogP contribution in [0.4, 0.5) is 4.39 Å². The number of methoxy groups -OCH3 is 1. The Bertz CT molecular complexity index is 426. The highest BCUT2D eigenvalue weighted by atomic mass is 79.9. The Morgan fingerprint density at radius 2 is 2.26 bits per heavy atom. The zero-order chi connectivity index (χ0) is 14.3. The zero-order valence-electron chi connectivity index (χ0n) is 11.2. The van der Waals surface area contributed by atoms with Gasteiger partial charge in [-0.15, -0.1) is 0 Å². The van der Waals surface area contributed by atoms with E-state index in [1.165, 1.54) is 25.3 Å². The number of amides is 1. The van der Waals surface area contributed by atoms with Crippen LogP contribution in [0.2, 0.25) is 0 Å². The maximum atomic E-state index is 13.2. The predicted molar refractivity (Wildman–Crippen MR) is 77.5 cm³/mol. The van der Waals surface area contributed by atoms with Crippen LogP contribution in [0.5, 0.6) is 5.75 Å². The van der Waals surface area contributed by atoms with Crippen LogP contribution in [-0.2, 0) is 0 Å². The van der Waals surface area contributed by atoms with E-state index in [0.717, 1.165) is 18.2 Å². The highest BCUT2D eigenvalue weighted by Crippen LogP contribution is 2.18. The molecule has 1 aromatic rings. The van der Waals surface area contributed by atoms with Gasteiger partial charge in [0.25, 0.3) is 5.91 Å². The second-order valence-electron chi connectivity index (χ2n) is 4.51. The van der Waals surface area contributed by atoms with E-state index in [0.29, 0.717) is 18.0 Å². The highest BCUT2D eigenvalue weighted by molar-refractivity contribution is 9.09. The Labute approximate surface area is 121 Å². The number of carbonyl (C=O) groups is 1. The van der Waals surface area contributed by atoms with Crippen molar-refractivity contribution in [3.05, 3.63) is 29.6 Å². The number of hydrogen-bond donors (Lipinski definition) is 1. The Morgan fingerprint density at radius 1 is 1.53 bits per heavy atom. The lowest BCUT2D eigenvalue weighted by atomic mass is 10.1. The maximum Gasteiger partial charge on any atom is 0.251 e. The monoisotopic (exact) mass is 331 g/mol. The molecule has 0 fully saturated rings. The molecule has 1 unspecified atom stereocenters. The number of hydrogen-bond acceptors (Lipinski definition) is 2. The fourth-order valence-corrected chi connectivity index (χ4v) is 1.96. The first-order valence-electron chi connectivity index (χ1n) is 6.26. The minimum atomic E-state index is -0.467. The van der Waals surface area contributed by atoms with E-state index in [-0.39, 0.29) is 11.7 Å². The molecule has 3 nitrogen and oxygen atoms in total. The Balaban J connectivity index is 2.45. The van der Waals surface area contributed by atoms with Crippen molar-refractivity contribution in [3.63, 3.8) is 0 Å². The van der Waals surface area contributed by atoms with E-state index in [1.54, 1.807) is 0 Å². The van der Waals surface area contributed by atoms with Gasteiger partial charge in [0, 0.05) is 17.4 Å². The molecule has 0 saturated heterocycles. The molecule has 0 aliphatic heterocycles. The molecule has 0 bridgehead atoms. The fourth-order valence-electron chi connectivity index (χ4n) is 1.63. The first-order valence-corrected chi connectivity index (χ1v) is 7.38. The lowest BCUT2D eigenvalue weighted by Gasteiger charge is -2.09. The molecule has 1 N–H and O–H groups in total. The van der Waals surface area contributed by atoms with Crippen LogP contribution in [-0.4, -0.2) is 24.9 Å². The molecule has 106 valence electrons. The number of rotatable bonds is 7. The van der Waals surface area contributed by atoms with Gasteiger partial charge in [0.2, 0.25) is 0 Å². The third-order valence-corrected chi connectivity index (χ3v) is 3.94. The van der Waals surface area contributed by atoms with Gasteiger partial charge in [0.15, 0.2) is 11.6 Å². The van der Waals surface area contributed by atoms with Crippen molar-refractivity contribution in [2.45, 2.75) is 19.8 Å². The van der Waals surface area contributed by atoms with Crippen LogP contribution in [0.1, 0.15) is 30.1 Å². The third-order valence-electron chi connectivity index (χ3n) is 2.84. The smallest absolute Gasteiger partial charge is 0.251 e. The first kappa shape index (κ1) is 16.0. The molecular formula is C14H19BrFNO2. The molecule has 0 saturated carbocycles. The molecule has 0 spiro atoms. The molecule has 1 rings (SSSR count). The Morgan fingerprint density at radius 3 is 2.89 bits per heavy atom. The minimum absolute atomic E-state index is 0.0839. The predicted octanol–water partition coefficient (Wildman–Crippen LogP) is 3.38. The van der Waals surface area contributed by atoms with Gasteiger partial charge in [0.05, 0.1) is 7.11 Å². The van der Waals surface area contributed by atoms with Crippen molar-refractivity contribution in [2.24, 2.45) is 5.92 Å². The lowest BCUT2D eigenvalue weighted by Crippen LogP contribution is -2.24. The zero-order valence-corrected chi connectivity index (χ0v) is 12.8. The topological polar surface area (TPSA) is 38.3 Å². The molecule has 0 aliphatic carbocycles. The molecule has 0 aliphatic rings. The van der Waals surface area contributed by atoms with Crippen molar-refractivity contribution in [1.29, 1.82) is 0 Å². The molecule has 0 heterocycles. The van der Waals surface area contributed by atoms with Gasteiger partial charge in [0.1, 0.15) is 0 Å². The summed E-state index contributed by atoms with van der Waals surface area (Å²) in [6, 6.07) is 4.10. The summed E-state index contributed by atoms with van der Waals surface area (Å²) < 4.78 is 18.1. The van der Waals surface area contributed by atoms with Crippen molar-refractivity contribution in [2.75, 3.05) is 19.0 Å². The summed E-state index contributed by atoms with van der Waals surface area (Å²) in [4.78, 5) is 11.8. The molecule has 5 heteroatoms. The van der Waals surface area contributed by atoms with Crippen LogP contribution in [0.3, 0.4) is 0 Å². The van der Waals surface area contributed by atoms with E-state index in [4.69, 9.17) is 4.74 Å². The number of nitrogens with one attached hydrogen (secondary N) is 1. The summed E-state index contributed by atoms with van der Waals surface area (Å²) in [5, 5.41) is 3.79. The average molecular weight is 332 g/mol. The van der Waals surface area contributed by atoms with Crippen molar-refractivity contribution in [1.82, 2.24) is 5.32 Å². The van der Waals surface area contributed by atoms with Crippen molar-refractivity contribution >= 4 is 21.8 Å². The Kier molecular flexibility index (Phi) is 6.84. The first-order chi connectivity index (χ1) is 9.08. The van der Waals surface area contributed by atoms with Crippen LogP contribution in [0, 0.1) is 11.7 Å². The normalized spacial score (nSPS) is 12.0. The highest BCUT2D eigenvalue weighted by Gasteiger charge is 2.09. The van der Waals surface area contributed by atoms with Gasteiger partial charge in [-0.2, -0.15) is 0 Å². The fraction of sp³-hybridized carbons (Fsp3) is 0.500. The average Bonchev–Trinajstić information content (AvgIpc) is 2.43. The number of alkyl halides is 1. The summed E-state index contributed by atoms with van der Waals surface area (Å²) in [6.45, 7) is 2.78. The van der Waals surface area contributed by atoms with E-state index in [1.807, 2.05) is 0 Å². The van der Waals surface area contributed by atoms with Gasteiger partial charge < -0.3 is 10.1 Å². The molecule has 0 radical (unpaired) electrons. The van der Waals surface area contributed by atoms with E-state index in [2.05, 4.69) is 28.2 Å². The number of ether oxygens (including phenoxy) is 1. The second kappa shape index (κ2) is 8.15. The largest absolute Gasteiger partial charge is 0.494 e. The lowest BCUT2D eigenvalue weighted by molar-refractivity contribution is 0.0952. The molecule has 19 heavy (non-hydrogen) atoms. The summed E-state index contributed by atoms with van der Waals surface area (Å²) in [5.41, 5.74) is 0.409. The van der Waals surface area contributed by atoms with Gasteiger partial charge >= 0.3 is 0 Å². The van der Waals surface area contributed by atoms with Crippen LogP contribution >= 0.6 is 15.9 Å². The maximum absolute atomic E-state index is 13.2. The summed E-state index contributed by atoms with van der Waals surface area (Å²) in [5.74, 6) is 0.0124. The van der Waals surface area contributed by atoms with E-state index in [9.17, 15) is 9.18 Å². The molecule has 0 aromatic heterocycles. The standard InChI is InChI=1S/C14H19BrFNO2/c1-10(9-15)4-3-7-17-14(18)11-5-6-12(16)13(8-11)19-2/h5-6,8,10H,3-4,7,9H2,1-2H3,(H,17,18). The SMILES string of the molecule is COc1cc(C(=O)NCCCC(C)CBr)ccc1F.